The highest BCUT2D eigenvalue weighted by molar-refractivity contribution is 5.92. The number of aliphatic hydroxyl groups excluding tert-OH is 1. The number of carbonyl (C=O) groups excluding carboxylic acids is 2. The lowest BCUT2D eigenvalue weighted by Crippen LogP contribution is -2.29. The van der Waals surface area contributed by atoms with Gasteiger partial charge in [-0.05, 0) is 79.7 Å². The lowest BCUT2D eigenvalue weighted by Gasteiger charge is -2.21. The van der Waals surface area contributed by atoms with Crippen molar-refractivity contribution in [2.75, 3.05) is 7.11 Å². The zero-order chi connectivity index (χ0) is 28.0. The van der Waals surface area contributed by atoms with Crippen LogP contribution in [-0.2, 0) is 40.3 Å². The van der Waals surface area contributed by atoms with Crippen LogP contribution in [0.15, 0.2) is 16.9 Å². The van der Waals surface area contributed by atoms with E-state index < -0.39 is 12.0 Å². The van der Waals surface area contributed by atoms with E-state index in [9.17, 15) is 18.8 Å². The topological polar surface area (TPSA) is 125 Å². The van der Waals surface area contributed by atoms with Crippen molar-refractivity contribution >= 4 is 23.1 Å². The van der Waals surface area contributed by atoms with Gasteiger partial charge in [-0.25, -0.2) is 9.37 Å². The molecule has 2 unspecified atom stereocenters. The number of rotatable bonds is 7. The van der Waals surface area contributed by atoms with E-state index in [1.54, 1.807) is 11.7 Å². The van der Waals surface area contributed by atoms with E-state index in [1.165, 1.54) is 11.6 Å². The molecule has 0 spiro atoms. The van der Waals surface area contributed by atoms with Gasteiger partial charge in [-0.2, -0.15) is 0 Å². The Balaban J connectivity index is 0.000000332. The molecule has 2 aliphatic carbocycles. The van der Waals surface area contributed by atoms with Crippen LogP contribution in [0, 0.1) is 18.7 Å². The van der Waals surface area contributed by atoms with Gasteiger partial charge in [0, 0.05) is 35.6 Å². The van der Waals surface area contributed by atoms with Gasteiger partial charge in [0.15, 0.2) is 0 Å². The number of aryl methyl sites for hydroxylation is 2. The summed E-state index contributed by atoms with van der Waals surface area (Å²) in [6.07, 6.45) is 5.20. The van der Waals surface area contributed by atoms with Crippen molar-refractivity contribution in [3.8, 4) is 11.4 Å². The second kappa shape index (κ2) is 10.6. The average molecular weight is 536 g/mol. The fourth-order valence-electron chi connectivity index (χ4n) is 5.98. The monoisotopic (exact) mass is 535 g/mol. The van der Waals surface area contributed by atoms with Crippen LogP contribution < -0.4 is 11.3 Å². The SMILES string of the molecule is CCC(C=O)c1cc2n(c(=O)c1COC)Cc1c-2nc2cc(F)c(C)c3c2c1CCC3.NC(=O)C(O)C1CC1. The number of aromatic nitrogens is 2. The summed E-state index contributed by atoms with van der Waals surface area (Å²) in [7, 11) is 1.55. The molecule has 206 valence electrons. The van der Waals surface area contributed by atoms with Crippen molar-refractivity contribution in [2.45, 2.75) is 77.5 Å². The van der Waals surface area contributed by atoms with Crippen LogP contribution in [-0.4, -0.2) is 40.1 Å². The molecule has 0 saturated heterocycles. The van der Waals surface area contributed by atoms with E-state index in [0.717, 1.165) is 60.6 Å². The molecule has 9 heteroatoms. The maximum Gasteiger partial charge on any atom is 0.257 e. The molecule has 3 aliphatic rings. The van der Waals surface area contributed by atoms with Crippen LogP contribution in [0.25, 0.3) is 22.3 Å². The van der Waals surface area contributed by atoms with Crippen molar-refractivity contribution in [1.29, 1.82) is 0 Å². The van der Waals surface area contributed by atoms with Crippen LogP contribution in [0.5, 0.6) is 0 Å². The first-order valence-corrected chi connectivity index (χ1v) is 13.5. The Morgan fingerprint density at radius 1 is 1.28 bits per heavy atom. The van der Waals surface area contributed by atoms with E-state index in [1.807, 2.05) is 19.9 Å². The summed E-state index contributed by atoms with van der Waals surface area (Å²) in [6, 6.07) is 3.44. The fraction of sp³-hybridized carbons (Fsp3) is 0.467. The predicted octanol–water partition coefficient (Wildman–Crippen LogP) is 3.44. The lowest BCUT2D eigenvalue weighted by atomic mass is 9.85. The summed E-state index contributed by atoms with van der Waals surface area (Å²) in [5, 5.41) is 9.85. The lowest BCUT2D eigenvalue weighted by molar-refractivity contribution is -0.126. The highest BCUT2D eigenvalue weighted by Gasteiger charge is 2.33. The number of halogens is 1. The zero-order valence-corrected chi connectivity index (χ0v) is 22.6. The first kappa shape index (κ1) is 27.1. The number of hydrogen-bond acceptors (Lipinski definition) is 6. The normalized spacial score (nSPS) is 16.6. The van der Waals surface area contributed by atoms with Crippen molar-refractivity contribution in [3.05, 3.63) is 61.7 Å². The first-order chi connectivity index (χ1) is 18.7. The van der Waals surface area contributed by atoms with Crippen molar-refractivity contribution in [1.82, 2.24) is 9.55 Å². The number of methoxy groups -OCH3 is 1. The molecule has 0 radical (unpaired) electrons. The summed E-state index contributed by atoms with van der Waals surface area (Å²) in [5.74, 6) is -1.03. The predicted molar refractivity (Wildman–Crippen MR) is 145 cm³/mol. The summed E-state index contributed by atoms with van der Waals surface area (Å²) >= 11 is 0. The molecule has 2 aromatic heterocycles. The minimum atomic E-state index is -0.880. The summed E-state index contributed by atoms with van der Waals surface area (Å²) in [5.41, 5.74) is 12.0. The van der Waals surface area contributed by atoms with Crippen LogP contribution in [0.3, 0.4) is 0 Å². The van der Waals surface area contributed by atoms with Gasteiger partial charge in [-0.1, -0.05) is 6.92 Å². The summed E-state index contributed by atoms with van der Waals surface area (Å²) in [4.78, 5) is 40.2. The Hall–Kier alpha value is -3.43. The molecule has 6 rings (SSSR count). The highest BCUT2D eigenvalue weighted by Crippen LogP contribution is 2.41. The molecular weight excluding hydrogens is 501 g/mol. The molecule has 1 aromatic carbocycles. The smallest absolute Gasteiger partial charge is 0.257 e. The van der Waals surface area contributed by atoms with E-state index in [0.29, 0.717) is 40.9 Å². The number of aliphatic hydroxyl groups is 1. The average Bonchev–Trinajstić information content (AvgIpc) is 3.71. The number of ether oxygens (including phenoxy) is 1. The Morgan fingerprint density at radius 3 is 2.59 bits per heavy atom. The van der Waals surface area contributed by atoms with Gasteiger partial charge in [0.05, 0.1) is 30.1 Å². The standard InChI is InChI=1S/C25H25FN2O3.C5H9NO2/c1-4-14(11-29)17-8-22-24-18(10-28(22)25(30)19(17)12-31-3)16-7-5-6-15-13(2)20(26)9-21(27-24)23(15)16;6-5(8)4(7)3-1-2-3/h8-9,11,14H,4-7,10,12H2,1-3H3;3-4,7H,1-2H2,(H2,6,8). The number of hydrogen-bond donors (Lipinski definition) is 2. The third-order valence-electron chi connectivity index (χ3n) is 8.32. The molecule has 3 heterocycles. The number of pyridine rings is 2. The van der Waals surface area contributed by atoms with Gasteiger partial charge in [0.25, 0.3) is 5.56 Å². The van der Waals surface area contributed by atoms with E-state index in [2.05, 4.69) is 0 Å². The molecule has 2 atom stereocenters. The van der Waals surface area contributed by atoms with Crippen molar-refractivity contribution in [2.24, 2.45) is 11.7 Å². The van der Waals surface area contributed by atoms with Gasteiger partial charge in [0.1, 0.15) is 18.2 Å². The summed E-state index contributed by atoms with van der Waals surface area (Å²) < 4.78 is 21.6. The van der Waals surface area contributed by atoms with E-state index >= 15 is 0 Å². The molecule has 3 N–H and O–H groups in total. The van der Waals surface area contributed by atoms with Gasteiger partial charge < -0.3 is 24.9 Å². The number of carbonyl (C=O) groups is 2. The maximum absolute atomic E-state index is 14.6. The molecule has 1 saturated carbocycles. The number of fused-ring (bicyclic) bond motifs is 4. The molecular formula is C30H34FN3O5. The number of primary amides is 1. The van der Waals surface area contributed by atoms with Crippen LogP contribution >= 0.6 is 0 Å². The Morgan fingerprint density at radius 2 is 2.00 bits per heavy atom. The zero-order valence-electron chi connectivity index (χ0n) is 22.6. The fourth-order valence-corrected chi connectivity index (χ4v) is 5.98. The largest absolute Gasteiger partial charge is 0.383 e. The Bertz CT molecular complexity index is 1540. The maximum atomic E-state index is 14.6. The minimum Gasteiger partial charge on any atom is -0.383 e. The van der Waals surface area contributed by atoms with E-state index in [-0.39, 0.29) is 29.8 Å². The Kier molecular flexibility index (Phi) is 7.39. The van der Waals surface area contributed by atoms with Crippen LogP contribution in [0.4, 0.5) is 4.39 Å². The third-order valence-corrected chi connectivity index (χ3v) is 8.32. The van der Waals surface area contributed by atoms with Crippen molar-refractivity contribution in [3.63, 3.8) is 0 Å². The molecule has 39 heavy (non-hydrogen) atoms. The number of amides is 1. The molecule has 8 nitrogen and oxygen atoms in total. The van der Waals surface area contributed by atoms with Gasteiger partial charge >= 0.3 is 0 Å². The molecule has 0 bridgehead atoms. The van der Waals surface area contributed by atoms with Crippen LogP contribution in [0.1, 0.15) is 71.9 Å². The van der Waals surface area contributed by atoms with Gasteiger partial charge in [0.2, 0.25) is 5.91 Å². The Labute approximate surface area is 226 Å². The molecule has 1 aliphatic heterocycles. The molecule has 1 fully saturated rings. The number of nitrogens with zero attached hydrogens (tertiary/aromatic N) is 2. The molecule has 1 amide bonds. The van der Waals surface area contributed by atoms with Gasteiger partial charge in [-0.3, -0.25) is 9.59 Å². The van der Waals surface area contributed by atoms with Crippen LogP contribution in [0.2, 0.25) is 0 Å². The third kappa shape index (κ3) is 4.67. The van der Waals surface area contributed by atoms with Gasteiger partial charge in [-0.15, -0.1) is 0 Å². The minimum absolute atomic E-state index is 0.137. The van der Waals surface area contributed by atoms with Crippen molar-refractivity contribution < 1.29 is 23.8 Å². The number of nitrogens with two attached hydrogens (primary N) is 1. The quantitative estimate of drug-likeness (QED) is 0.350. The first-order valence-electron chi connectivity index (χ1n) is 13.5. The second-order valence-corrected chi connectivity index (χ2v) is 10.8. The number of aldehydes is 1. The second-order valence-electron chi connectivity index (χ2n) is 10.8. The molecule has 3 aromatic rings. The summed E-state index contributed by atoms with van der Waals surface area (Å²) in [6.45, 7) is 4.37. The number of benzene rings is 1. The highest BCUT2D eigenvalue weighted by atomic mass is 19.1. The van der Waals surface area contributed by atoms with E-state index in [4.69, 9.17) is 20.6 Å².